The maximum atomic E-state index is 13.7. The number of carbonyl (C=O) groups excluding carboxylic acids is 2. The Labute approximate surface area is 237 Å². The average Bonchev–Trinajstić information content (AvgIpc) is 3.61. The molecule has 1 aliphatic heterocycles. The zero-order chi connectivity index (χ0) is 30.0. The van der Waals surface area contributed by atoms with Crippen molar-refractivity contribution in [3.8, 4) is 11.3 Å². The van der Waals surface area contributed by atoms with Gasteiger partial charge in [-0.2, -0.15) is 5.10 Å². The van der Waals surface area contributed by atoms with Crippen molar-refractivity contribution in [2.75, 3.05) is 38.0 Å². The molecule has 0 spiro atoms. The predicted octanol–water partition coefficient (Wildman–Crippen LogP) is 3.34. The highest BCUT2D eigenvalue weighted by molar-refractivity contribution is 5.96. The largest absolute Gasteiger partial charge is 0.338 e. The Balaban J connectivity index is 1.38. The van der Waals surface area contributed by atoms with Crippen LogP contribution in [0.4, 0.5) is 29.1 Å². The fourth-order valence-corrected chi connectivity index (χ4v) is 5.00. The van der Waals surface area contributed by atoms with Gasteiger partial charge in [0.15, 0.2) is 11.5 Å². The molecule has 5 rings (SSSR count). The maximum absolute atomic E-state index is 13.7. The van der Waals surface area contributed by atoms with Gasteiger partial charge < -0.3 is 20.9 Å². The molecular formula is C27H29F4N9O2. The van der Waals surface area contributed by atoms with Crippen LogP contribution in [-0.4, -0.2) is 84.9 Å². The maximum Gasteiger partial charge on any atom is 0.282 e. The molecule has 0 atom stereocenters. The monoisotopic (exact) mass is 587 g/mol. The van der Waals surface area contributed by atoms with Crippen molar-refractivity contribution in [2.45, 2.75) is 32.7 Å². The molecule has 0 aliphatic carbocycles. The summed E-state index contributed by atoms with van der Waals surface area (Å²) in [6.45, 7) is 2.74. The van der Waals surface area contributed by atoms with Crippen LogP contribution < -0.4 is 11.1 Å². The molecule has 0 bridgehead atoms. The van der Waals surface area contributed by atoms with Crippen molar-refractivity contribution in [3.63, 3.8) is 0 Å². The van der Waals surface area contributed by atoms with E-state index in [-0.39, 0.29) is 29.6 Å². The van der Waals surface area contributed by atoms with Crippen LogP contribution in [0.3, 0.4) is 0 Å². The minimum absolute atomic E-state index is 0.0142. The number of hydrogen-bond acceptors (Lipinski definition) is 7. The smallest absolute Gasteiger partial charge is 0.282 e. The fourth-order valence-electron chi connectivity index (χ4n) is 5.00. The van der Waals surface area contributed by atoms with E-state index in [0.29, 0.717) is 55.3 Å². The van der Waals surface area contributed by atoms with Gasteiger partial charge in [0.2, 0.25) is 5.91 Å². The van der Waals surface area contributed by atoms with Gasteiger partial charge in [-0.05, 0) is 30.2 Å². The summed E-state index contributed by atoms with van der Waals surface area (Å²) in [7, 11) is 0. The third-order valence-corrected chi connectivity index (χ3v) is 7.10. The predicted molar refractivity (Wildman–Crippen MR) is 146 cm³/mol. The van der Waals surface area contributed by atoms with Gasteiger partial charge in [0, 0.05) is 61.6 Å². The minimum atomic E-state index is -2.98. The van der Waals surface area contributed by atoms with Crippen molar-refractivity contribution in [2.24, 2.45) is 5.73 Å². The number of carbonyl (C=O) groups is 2. The van der Waals surface area contributed by atoms with Gasteiger partial charge in [0.25, 0.3) is 18.8 Å². The summed E-state index contributed by atoms with van der Waals surface area (Å²) >= 11 is 0. The standard InChI is InChI=1S/C27H29F4N9O2/c1-2-16-11-17(3-4-18(16)27(42)38-9-7-37(8-10-38)22(41)12-32)35-25-26-34-13-20(40(26)6-5-33-25)19-14-39(15-21(28)29)36-23(19)24(30)31/h3-6,11,13-14,21,24H,2,7-10,12,15,32H2,1H3,(H,33,35). The molecule has 0 saturated carbocycles. The summed E-state index contributed by atoms with van der Waals surface area (Å²) in [6, 6.07) is 5.29. The number of aryl methyl sites for hydroxylation is 1. The van der Waals surface area contributed by atoms with E-state index < -0.39 is 25.1 Å². The summed E-state index contributed by atoms with van der Waals surface area (Å²) in [4.78, 5) is 37.2. The summed E-state index contributed by atoms with van der Waals surface area (Å²) in [5, 5.41) is 6.84. The van der Waals surface area contributed by atoms with Crippen LogP contribution >= 0.6 is 0 Å². The Bertz CT molecular complexity index is 1600. The first-order valence-electron chi connectivity index (χ1n) is 13.3. The van der Waals surface area contributed by atoms with E-state index in [1.165, 1.54) is 23.0 Å². The highest BCUT2D eigenvalue weighted by atomic mass is 19.3. The lowest BCUT2D eigenvalue weighted by Crippen LogP contribution is -2.52. The SMILES string of the molecule is CCc1cc(Nc2nccn3c(-c4cn(CC(F)F)nc4C(F)F)cnc23)ccc1C(=O)N1CCN(C(=O)CN)CC1. The fraction of sp³-hybridized carbons (Fsp3) is 0.370. The third kappa shape index (κ3) is 5.77. The molecule has 222 valence electrons. The molecular weight excluding hydrogens is 558 g/mol. The Morgan fingerprint density at radius 3 is 2.48 bits per heavy atom. The summed E-state index contributed by atoms with van der Waals surface area (Å²) < 4.78 is 55.5. The number of anilines is 2. The van der Waals surface area contributed by atoms with Crippen LogP contribution in [0.25, 0.3) is 16.9 Å². The third-order valence-electron chi connectivity index (χ3n) is 7.10. The molecule has 15 heteroatoms. The van der Waals surface area contributed by atoms with Crippen LogP contribution in [0, 0.1) is 0 Å². The molecule has 1 fully saturated rings. The highest BCUT2D eigenvalue weighted by Crippen LogP contribution is 2.32. The van der Waals surface area contributed by atoms with Gasteiger partial charge in [-0.25, -0.2) is 27.5 Å². The Morgan fingerprint density at radius 2 is 1.81 bits per heavy atom. The second kappa shape index (κ2) is 12.1. The summed E-state index contributed by atoms with van der Waals surface area (Å²) in [5.74, 6) is 0.0546. The van der Waals surface area contributed by atoms with E-state index >= 15 is 0 Å². The Morgan fingerprint density at radius 1 is 1.07 bits per heavy atom. The molecule has 1 aliphatic rings. The van der Waals surface area contributed by atoms with E-state index in [1.54, 1.807) is 21.9 Å². The van der Waals surface area contributed by atoms with Crippen LogP contribution in [0.15, 0.2) is 43.0 Å². The first-order valence-corrected chi connectivity index (χ1v) is 13.3. The summed E-state index contributed by atoms with van der Waals surface area (Å²) in [5.41, 5.74) is 7.35. The van der Waals surface area contributed by atoms with Gasteiger partial charge in [0.1, 0.15) is 12.2 Å². The number of nitrogens with one attached hydrogen (secondary N) is 1. The van der Waals surface area contributed by atoms with Crippen molar-refractivity contribution in [1.82, 2.24) is 33.9 Å². The molecule has 2 amide bonds. The molecule has 4 aromatic rings. The van der Waals surface area contributed by atoms with E-state index in [0.717, 1.165) is 16.4 Å². The van der Waals surface area contributed by atoms with Gasteiger partial charge in [-0.15, -0.1) is 0 Å². The number of nitrogens with zero attached hydrogens (tertiary/aromatic N) is 7. The Kier molecular flexibility index (Phi) is 8.38. The van der Waals surface area contributed by atoms with Crippen molar-refractivity contribution in [1.29, 1.82) is 0 Å². The molecule has 0 unspecified atom stereocenters. The zero-order valence-electron chi connectivity index (χ0n) is 22.7. The molecule has 11 nitrogen and oxygen atoms in total. The topological polar surface area (TPSA) is 127 Å². The number of nitrogens with two attached hydrogens (primary N) is 1. The molecule has 4 heterocycles. The lowest BCUT2D eigenvalue weighted by molar-refractivity contribution is -0.131. The first-order chi connectivity index (χ1) is 20.2. The van der Waals surface area contributed by atoms with Gasteiger partial charge in [0.05, 0.1) is 18.4 Å². The number of alkyl halides is 4. The lowest BCUT2D eigenvalue weighted by atomic mass is 10.0. The molecule has 0 radical (unpaired) electrons. The number of benzene rings is 1. The van der Waals surface area contributed by atoms with E-state index in [2.05, 4.69) is 20.4 Å². The molecule has 1 saturated heterocycles. The van der Waals surface area contributed by atoms with Crippen LogP contribution in [0.5, 0.6) is 0 Å². The second-order valence-corrected chi connectivity index (χ2v) is 9.68. The number of rotatable bonds is 9. The quantitative estimate of drug-likeness (QED) is 0.288. The Hall–Kier alpha value is -4.53. The number of halogens is 4. The van der Waals surface area contributed by atoms with Crippen molar-refractivity contribution in [3.05, 3.63) is 59.8 Å². The molecule has 3 aromatic heterocycles. The van der Waals surface area contributed by atoms with Crippen molar-refractivity contribution >= 4 is 29.0 Å². The lowest BCUT2D eigenvalue weighted by Gasteiger charge is -2.35. The second-order valence-electron chi connectivity index (χ2n) is 9.68. The minimum Gasteiger partial charge on any atom is -0.338 e. The highest BCUT2D eigenvalue weighted by Gasteiger charge is 2.26. The first kappa shape index (κ1) is 29.0. The number of imidazole rings is 1. The van der Waals surface area contributed by atoms with Crippen molar-refractivity contribution < 1.29 is 27.2 Å². The number of aromatic nitrogens is 5. The van der Waals surface area contributed by atoms with Gasteiger partial charge in [-0.3, -0.25) is 18.7 Å². The van der Waals surface area contributed by atoms with E-state index in [9.17, 15) is 27.2 Å². The number of piperazine rings is 1. The van der Waals surface area contributed by atoms with E-state index in [4.69, 9.17) is 5.73 Å². The molecule has 42 heavy (non-hydrogen) atoms. The number of fused-ring (bicyclic) bond motifs is 1. The normalized spacial score (nSPS) is 13.9. The average molecular weight is 588 g/mol. The van der Waals surface area contributed by atoms with Crippen LogP contribution in [0.2, 0.25) is 0 Å². The van der Waals surface area contributed by atoms with Gasteiger partial charge >= 0.3 is 0 Å². The number of amides is 2. The van der Waals surface area contributed by atoms with Crippen LogP contribution in [-0.2, 0) is 17.8 Å². The molecule has 1 aromatic carbocycles. The van der Waals surface area contributed by atoms with Gasteiger partial charge in [-0.1, -0.05) is 6.92 Å². The zero-order valence-corrected chi connectivity index (χ0v) is 22.7. The van der Waals surface area contributed by atoms with E-state index in [1.807, 2.05) is 13.0 Å². The summed E-state index contributed by atoms with van der Waals surface area (Å²) in [6.07, 6.45) is 0.351. The molecule has 3 N–H and O–H groups in total. The number of hydrogen-bond donors (Lipinski definition) is 2. The van der Waals surface area contributed by atoms with Crippen LogP contribution in [0.1, 0.15) is 35.0 Å².